The van der Waals surface area contributed by atoms with Crippen molar-refractivity contribution in [3.05, 3.63) is 142 Å². The van der Waals surface area contributed by atoms with Crippen molar-refractivity contribution in [2.24, 2.45) is 0 Å². The van der Waals surface area contributed by atoms with E-state index in [1.807, 2.05) is 54.6 Å². The summed E-state index contributed by atoms with van der Waals surface area (Å²) in [5, 5.41) is 3.51. The van der Waals surface area contributed by atoms with Gasteiger partial charge in [0.2, 0.25) is 0 Å². The number of halogens is 2. The molecule has 3 aromatic heterocycles. The van der Waals surface area contributed by atoms with E-state index in [0.717, 1.165) is 11.4 Å². The van der Waals surface area contributed by atoms with Gasteiger partial charge in [0.1, 0.15) is 0 Å². The number of carbonyl (C=O) groups is 2. The summed E-state index contributed by atoms with van der Waals surface area (Å²) in [5.74, 6) is -0.681. The molecular weight excluding hydrogens is 545 g/mol. The summed E-state index contributed by atoms with van der Waals surface area (Å²) in [7, 11) is 0. The van der Waals surface area contributed by atoms with Gasteiger partial charge >= 0.3 is 0 Å². The lowest BCUT2D eigenvalue weighted by Crippen LogP contribution is -2.31. The molecule has 2 amide bonds. The Labute approximate surface area is 241 Å². The number of nitrogens with one attached hydrogen (secondary N) is 1. The highest BCUT2D eigenvalue weighted by Gasteiger charge is 2.20. The smallest absolute Gasteiger partial charge is 0.257 e. The van der Waals surface area contributed by atoms with E-state index in [-0.39, 0.29) is 29.6 Å². The van der Waals surface area contributed by atoms with E-state index in [9.17, 15) is 9.59 Å². The minimum atomic E-state index is -0.419. The van der Waals surface area contributed by atoms with E-state index in [0.29, 0.717) is 27.5 Å². The van der Waals surface area contributed by atoms with Gasteiger partial charge in [-0.15, -0.1) is 0 Å². The Hall–Kier alpha value is -4.59. The molecule has 198 valence electrons. The molecule has 0 aliphatic heterocycles. The lowest BCUT2D eigenvalue weighted by atomic mass is 10.1. The molecule has 9 heteroatoms. The second kappa shape index (κ2) is 12.5. The van der Waals surface area contributed by atoms with E-state index in [1.54, 1.807) is 53.8 Å². The first-order chi connectivity index (χ1) is 19.5. The van der Waals surface area contributed by atoms with Gasteiger partial charge in [-0.2, -0.15) is 0 Å². The summed E-state index contributed by atoms with van der Waals surface area (Å²) in [5.41, 5.74) is 3.95. The summed E-state index contributed by atoms with van der Waals surface area (Å²) in [6, 6.07) is 26.4. The number of carbonyl (C=O) groups excluding carboxylic acids is 2. The van der Waals surface area contributed by atoms with Crippen LogP contribution in [-0.4, -0.2) is 31.7 Å². The summed E-state index contributed by atoms with van der Waals surface area (Å²) in [6.45, 7) is 0.566. The molecule has 0 unspecified atom stereocenters. The van der Waals surface area contributed by atoms with Crippen LogP contribution in [0.2, 0.25) is 10.0 Å². The molecule has 5 aromatic rings. The number of pyridine rings is 3. The molecule has 0 saturated carbocycles. The zero-order valence-corrected chi connectivity index (χ0v) is 22.7. The number of rotatable bonds is 8. The summed E-state index contributed by atoms with van der Waals surface area (Å²) in [6.07, 6.45) is 5.04. The number of aromatic nitrogens is 3. The molecule has 0 bridgehead atoms. The van der Waals surface area contributed by atoms with Crippen molar-refractivity contribution in [3.8, 4) is 11.3 Å². The van der Waals surface area contributed by atoms with Gasteiger partial charge in [-0.3, -0.25) is 24.5 Å². The molecule has 7 nitrogen and oxygen atoms in total. The first kappa shape index (κ1) is 27.0. The highest BCUT2D eigenvalue weighted by atomic mass is 35.5. The SMILES string of the molecule is O=C(Nc1ccc(Cl)c(-c2ccccn2)c1)c1ccc(C(=O)N(Cc2ccccn2)Cc2ccccn2)cc1Cl. The Morgan fingerprint density at radius 1 is 0.700 bits per heavy atom. The van der Waals surface area contributed by atoms with Gasteiger partial charge in [0.15, 0.2) is 0 Å². The van der Waals surface area contributed by atoms with Crippen LogP contribution in [0.3, 0.4) is 0 Å². The highest BCUT2D eigenvalue weighted by Crippen LogP contribution is 2.30. The number of hydrogen-bond acceptors (Lipinski definition) is 5. The average Bonchev–Trinajstić information content (AvgIpc) is 2.99. The molecule has 0 aliphatic rings. The first-order valence-corrected chi connectivity index (χ1v) is 13.1. The maximum atomic E-state index is 13.6. The summed E-state index contributed by atoms with van der Waals surface area (Å²) < 4.78 is 0. The number of amides is 2. The minimum Gasteiger partial charge on any atom is -0.327 e. The van der Waals surface area contributed by atoms with Crippen molar-refractivity contribution >= 4 is 40.7 Å². The molecule has 0 radical (unpaired) electrons. The predicted molar refractivity (Wildman–Crippen MR) is 156 cm³/mol. The Balaban J connectivity index is 1.35. The quantitative estimate of drug-likeness (QED) is 0.219. The number of nitrogens with zero attached hydrogens (tertiary/aromatic N) is 4. The normalized spacial score (nSPS) is 10.7. The van der Waals surface area contributed by atoms with Crippen LogP contribution < -0.4 is 5.32 Å². The van der Waals surface area contributed by atoms with Crippen LogP contribution >= 0.6 is 23.2 Å². The number of hydrogen-bond donors (Lipinski definition) is 1. The standard InChI is InChI=1S/C31H23Cl2N5O2/c32-27-13-11-22(18-26(27)29-9-3-6-16-36-29)37-30(39)25-12-10-21(17-28(25)33)31(40)38(19-23-7-1-4-14-34-23)20-24-8-2-5-15-35-24/h1-18H,19-20H2,(H,37,39). The van der Waals surface area contributed by atoms with Gasteiger partial charge in [0, 0.05) is 35.4 Å². The first-order valence-electron chi connectivity index (χ1n) is 12.4. The number of anilines is 1. The lowest BCUT2D eigenvalue weighted by Gasteiger charge is -2.22. The van der Waals surface area contributed by atoms with Crippen LogP contribution in [0.4, 0.5) is 5.69 Å². The van der Waals surface area contributed by atoms with Gasteiger partial charge in [0.05, 0.1) is 45.8 Å². The van der Waals surface area contributed by atoms with Crippen LogP contribution in [0.1, 0.15) is 32.1 Å². The van der Waals surface area contributed by atoms with Crippen LogP contribution in [-0.2, 0) is 13.1 Å². The van der Waals surface area contributed by atoms with Gasteiger partial charge in [-0.1, -0.05) is 41.4 Å². The molecule has 0 fully saturated rings. The van der Waals surface area contributed by atoms with Crippen molar-refractivity contribution in [1.82, 2.24) is 19.9 Å². The molecule has 1 N–H and O–H groups in total. The zero-order valence-electron chi connectivity index (χ0n) is 21.2. The minimum absolute atomic E-state index is 0.151. The second-order valence-electron chi connectivity index (χ2n) is 8.86. The molecule has 5 rings (SSSR count). The van der Waals surface area contributed by atoms with Crippen molar-refractivity contribution in [2.45, 2.75) is 13.1 Å². The van der Waals surface area contributed by atoms with Gasteiger partial charge in [-0.05, 0) is 72.8 Å². The predicted octanol–water partition coefficient (Wildman–Crippen LogP) is 6.94. The van der Waals surface area contributed by atoms with Crippen molar-refractivity contribution < 1.29 is 9.59 Å². The third-order valence-corrected chi connectivity index (χ3v) is 6.71. The molecule has 3 heterocycles. The van der Waals surface area contributed by atoms with Crippen LogP contribution in [0, 0.1) is 0 Å². The van der Waals surface area contributed by atoms with Crippen molar-refractivity contribution in [1.29, 1.82) is 0 Å². The third-order valence-electron chi connectivity index (χ3n) is 6.07. The van der Waals surface area contributed by atoms with Crippen LogP contribution in [0.15, 0.2) is 110 Å². The largest absolute Gasteiger partial charge is 0.327 e. The summed E-state index contributed by atoms with van der Waals surface area (Å²) >= 11 is 12.9. The van der Waals surface area contributed by atoms with Gasteiger partial charge < -0.3 is 10.2 Å². The zero-order chi connectivity index (χ0) is 27.9. The fraction of sp³-hybridized carbons (Fsp3) is 0.0645. The fourth-order valence-electron chi connectivity index (χ4n) is 4.11. The van der Waals surface area contributed by atoms with E-state index in [1.165, 1.54) is 6.07 Å². The van der Waals surface area contributed by atoms with Crippen molar-refractivity contribution in [3.63, 3.8) is 0 Å². The molecular formula is C31H23Cl2N5O2. The third kappa shape index (κ3) is 6.51. The molecule has 0 saturated heterocycles. The second-order valence-corrected chi connectivity index (χ2v) is 9.68. The molecule has 0 atom stereocenters. The molecule has 40 heavy (non-hydrogen) atoms. The lowest BCUT2D eigenvalue weighted by molar-refractivity contribution is 0.0725. The summed E-state index contributed by atoms with van der Waals surface area (Å²) in [4.78, 5) is 41.4. The molecule has 0 aliphatic carbocycles. The fourth-order valence-corrected chi connectivity index (χ4v) is 4.59. The molecule has 0 spiro atoms. The Morgan fingerprint density at radius 3 is 1.93 bits per heavy atom. The average molecular weight is 568 g/mol. The monoisotopic (exact) mass is 567 g/mol. The Kier molecular flexibility index (Phi) is 8.44. The Bertz CT molecular complexity index is 1590. The highest BCUT2D eigenvalue weighted by molar-refractivity contribution is 6.35. The maximum absolute atomic E-state index is 13.6. The Morgan fingerprint density at radius 2 is 1.35 bits per heavy atom. The van der Waals surface area contributed by atoms with Gasteiger partial charge in [0.25, 0.3) is 11.8 Å². The van der Waals surface area contributed by atoms with E-state index in [4.69, 9.17) is 23.2 Å². The van der Waals surface area contributed by atoms with E-state index < -0.39 is 5.91 Å². The molecule has 2 aromatic carbocycles. The number of benzene rings is 2. The topological polar surface area (TPSA) is 88.1 Å². The van der Waals surface area contributed by atoms with E-state index in [2.05, 4.69) is 20.3 Å². The van der Waals surface area contributed by atoms with Crippen LogP contribution in [0.25, 0.3) is 11.3 Å². The van der Waals surface area contributed by atoms with Crippen LogP contribution in [0.5, 0.6) is 0 Å². The van der Waals surface area contributed by atoms with E-state index >= 15 is 0 Å². The maximum Gasteiger partial charge on any atom is 0.257 e. The van der Waals surface area contributed by atoms with Crippen molar-refractivity contribution in [2.75, 3.05) is 5.32 Å². The van der Waals surface area contributed by atoms with Gasteiger partial charge in [-0.25, -0.2) is 0 Å².